The van der Waals surface area contributed by atoms with E-state index in [4.69, 9.17) is 0 Å². The molecule has 1 aromatic rings. The maximum Gasteiger partial charge on any atom is 0.234 e. The monoisotopic (exact) mass is 421 g/mol. The van der Waals surface area contributed by atoms with Gasteiger partial charge in [0.05, 0.1) is 12.0 Å². The molecule has 6 heteroatoms. The van der Waals surface area contributed by atoms with Crippen molar-refractivity contribution < 1.29 is 9.59 Å². The average molecular weight is 422 g/mol. The van der Waals surface area contributed by atoms with Crippen molar-refractivity contribution in [2.75, 3.05) is 39.3 Å². The molecule has 0 spiro atoms. The lowest BCUT2D eigenvalue weighted by Gasteiger charge is -2.44. The molecule has 142 valence electrons. The molecule has 1 saturated heterocycles. The molecule has 2 fully saturated rings. The van der Waals surface area contributed by atoms with Gasteiger partial charge in [-0.25, -0.2) is 0 Å². The molecule has 0 aromatic heterocycles. The zero-order valence-corrected chi connectivity index (χ0v) is 17.1. The predicted octanol–water partition coefficient (Wildman–Crippen LogP) is 2.54. The number of hydrogen-bond donors (Lipinski definition) is 1. The molecule has 1 heterocycles. The predicted molar refractivity (Wildman–Crippen MR) is 106 cm³/mol. The minimum atomic E-state index is -0.338. The van der Waals surface area contributed by atoms with E-state index in [0.717, 1.165) is 55.4 Å². The lowest BCUT2D eigenvalue weighted by atomic mass is 9.63. The number of carbonyl (C=O) groups excluding carboxylic acids is 2. The molecule has 3 rings (SSSR count). The zero-order valence-electron chi connectivity index (χ0n) is 15.5. The highest BCUT2D eigenvalue weighted by molar-refractivity contribution is 9.10. The van der Waals surface area contributed by atoms with Gasteiger partial charge in [-0.3, -0.25) is 14.5 Å². The number of nitrogens with zero attached hydrogens (tertiary/aromatic N) is 2. The minimum absolute atomic E-state index is 0.0672. The van der Waals surface area contributed by atoms with Crippen LogP contribution >= 0.6 is 15.9 Å². The van der Waals surface area contributed by atoms with Gasteiger partial charge in [0.25, 0.3) is 0 Å². The van der Waals surface area contributed by atoms with Crippen LogP contribution in [0.2, 0.25) is 0 Å². The van der Waals surface area contributed by atoms with Crippen LogP contribution in [0, 0.1) is 0 Å². The second-order valence-electron chi connectivity index (χ2n) is 7.32. The Hall–Kier alpha value is -1.40. The van der Waals surface area contributed by atoms with Crippen molar-refractivity contribution in [3.63, 3.8) is 0 Å². The third-order valence-electron chi connectivity index (χ3n) is 5.63. The first-order valence-corrected chi connectivity index (χ1v) is 10.4. The third kappa shape index (κ3) is 4.12. The molecular formula is C20H28BrN3O2. The maximum absolute atomic E-state index is 13.4. The fraction of sp³-hybridized carbons (Fsp3) is 0.600. The van der Waals surface area contributed by atoms with Crippen LogP contribution in [0.25, 0.3) is 0 Å². The molecule has 0 radical (unpaired) electrons. The highest BCUT2D eigenvalue weighted by Crippen LogP contribution is 2.45. The van der Waals surface area contributed by atoms with Gasteiger partial charge in [0.1, 0.15) is 0 Å². The maximum atomic E-state index is 13.4. The van der Waals surface area contributed by atoms with Crippen LogP contribution in [0.4, 0.5) is 0 Å². The Morgan fingerprint density at radius 1 is 1.08 bits per heavy atom. The summed E-state index contributed by atoms with van der Waals surface area (Å²) in [5, 5.41) is 2.85. The van der Waals surface area contributed by atoms with E-state index in [1.54, 1.807) is 0 Å². The molecule has 1 N–H and O–H groups in total. The highest BCUT2D eigenvalue weighted by atomic mass is 79.9. The summed E-state index contributed by atoms with van der Waals surface area (Å²) < 4.78 is 1.04. The Labute approximate surface area is 164 Å². The van der Waals surface area contributed by atoms with Crippen LogP contribution < -0.4 is 5.32 Å². The van der Waals surface area contributed by atoms with Crippen molar-refractivity contribution in [3.8, 4) is 0 Å². The normalized spacial score (nSPS) is 20.2. The summed E-state index contributed by atoms with van der Waals surface area (Å²) in [7, 11) is 0. The molecule has 1 aromatic carbocycles. The fourth-order valence-corrected chi connectivity index (χ4v) is 4.28. The number of halogens is 1. The molecular weight excluding hydrogens is 394 g/mol. The summed E-state index contributed by atoms with van der Waals surface area (Å²) in [5.41, 5.74) is 0.801. The van der Waals surface area contributed by atoms with Gasteiger partial charge in [0.2, 0.25) is 11.8 Å². The average Bonchev–Trinajstić information content (AvgIpc) is 2.81. The molecule has 5 nitrogen and oxygen atoms in total. The Bertz CT molecular complexity index is 643. The zero-order chi connectivity index (χ0) is 18.6. The Morgan fingerprint density at radius 2 is 1.81 bits per heavy atom. The summed E-state index contributed by atoms with van der Waals surface area (Å²) in [5.74, 6) is 0.337. The highest BCUT2D eigenvalue weighted by Gasteiger charge is 2.47. The van der Waals surface area contributed by atoms with E-state index >= 15 is 0 Å². The molecule has 0 unspecified atom stereocenters. The van der Waals surface area contributed by atoms with E-state index in [0.29, 0.717) is 19.6 Å². The number of likely N-dealkylation sites (N-methyl/N-ethyl adjacent to an activating group) is 1. The summed E-state index contributed by atoms with van der Waals surface area (Å²) in [6.07, 6.45) is 3.90. The Kier molecular flexibility index (Phi) is 6.35. The van der Waals surface area contributed by atoms with Gasteiger partial charge in [-0.1, -0.05) is 34.5 Å². The van der Waals surface area contributed by atoms with Gasteiger partial charge >= 0.3 is 0 Å². The van der Waals surface area contributed by atoms with Gasteiger partial charge in [-0.15, -0.1) is 0 Å². The lowest BCUT2D eigenvalue weighted by molar-refractivity contribution is -0.140. The summed E-state index contributed by atoms with van der Waals surface area (Å²) in [6, 6.07) is 8.22. The van der Waals surface area contributed by atoms with Crippen LogP contribution in [0.5, 0.6) is 0 Å². The lowest BCUT2D eigenvalue weighted by Crippen LogP contribution is -2.52. The number of amides is 2. The van der Waals surface area contributed by atoms with Gasteiger partial charge in [-0.05, 0) is 43.9 Å². The Balaban J connectivity index is 1.65. The van der Waals surface area contributed by atoms with Crippen molar-refractivity contribution in [2.24, 2.45) is 0 Å². The van der Waals surface area contributed by atoms with E-state index in [1.165, 1.54) is 0 Å². The number of nitrogens with one attached hydrogen (secondary N) is 1. The SMILES string of the molecule is CCNC(=O)CN1CCCN(C(=O)C2(c3ccc(Br)cc3)CCC2)CC1. The van der Waals surface area contributed by atoms with Gasteiger partial charge in [0, 0.05) is 37.2 Å². The van der Waals surface area contributed by atoms with Crippen LogP contribution in [-0.4, -0.2) is 60.9 Å². The molecule has 26 heavy (non-hydrogen) atoms. The van der Waals surface area contributed by atoms with Crippen LogP contribution in [0.3, 0.4) is 0 Å². The minimum Gasteiger partial charge on any atom is -0.355 e. The molecule has 0 bridgehead atoms. The number of benzene rings is 1. The molecule has 2 amide bonds. The van der Waals surface area contributed by atoms with Crippen molar-refractivity contribution >= 4 is 27.7 Å². The van der Waals surface area contributed by atoms with Crippen LogP contribution in [-0.2, 0) is 15.0 Å². The topological polar surface area (TPSA) is 52.7 Å². The van der Waals surface area contributed by atoms with Crippen LogP contribution in [0.15, 0.2) is 28.7 Å². The van der Waals surface area contributed by atoms with Crippen molar-refractivity contribution in [1.29, 1.82) is 0 Å². The smallest absolute Gasteiger partial charge is 0.234 e. The summed E-state index contributed by atoms with van der Waals surface area (Å²) in [6.45, 7) is 6.13. The second kappa shape index (κ2) is 8.53. The second-order valence-corrected chi connectivity index (χ2v) is 8.23. The third-order valence-corrected chi connectivity index (χ3v) is 6.16. The number of hydrogen-bond acceptors (Lipinski definition) is 3. The van der Waals surface area contributed by atoms with Gasteiger partial charge < -0.3 is 10.2 Å². The first-order valence-electron chi connectivity index (χ1n) is 9.59. The number of carbonyl (C=O) groups is 2. The molecule has 2 aliphatic rings. The van der Waals surface area contributed by atoms with E-state index < -0.39 is 0 Å². The molecule has 1 aliphatic carbocycles. The van der Waals surface area contributed by atoms with Gasteiger partial charge in [-0.2, -0.15) is 0 Å². The summed E-state index contributed by atoms with van der Waals surface area (Å²) >= 11 is 3.48. The number of rotatable bonds is 5. The molecule has 1 saturated carbocycles. The molecule has 0 atom stereocenters. The van der Waals surface area contributed by atoms with E-state index in [9.17, 15) is 9.59 Å². The van der Waals surface area contributed by atoms with Crippen LogP contribution in [0.1, 0.15) is 38.2 Å². The fourth-order valence-electron chi connectivity index (χ4n) is 4.02. The van der Waals surface area contributed by atoms with Gasteiger partial charge in [0.15, 0.2) is 0 Å². The summed E-state index contributed by atoms with van der Waals surface area (Å²) in [4.78, 5) is 29.4. The standard InChI is InChI=1S/C20H28BrN3O2/c1-2-22-18(25)15-23-11-4-12-24(14-13-23)19(26)20(9-3-10-20)16-5-7-17(21)8-6-16/h5-8H,2-4,9-15H2,1H3,(H,22,25). The first kappa shape index (κ1) is 19.4. The molecule has 1 aliphatic heterocycles. The van der Waals surface area contributed by atoms with Crippen molar-refractivity contribution in [2.45, 2.75) is 38.0 Å². The van der Waals surface area contributed by atoms with E-state index in [1.807, 2.05) is 24.0 Å². The van der Waals surface area contributed by atoms with E-state index in [-0.39, 0.29) is 17.2 Å². The Morgan fingerprint density at radius 3 is 2.42 bits per heavy atom. The van der Waals surface area contributed by atoms with E-state index in [2.05, 4.69) is 38.3 Å². The largest absolute Gasteiger partial charge is 0.355 e. The van der Waals surface area contributed by atoms with Crippen molar-refractivity contribution in [3.05, 3.63) is 34.3 Å². The first-order chi connectivity index (χ1) is 12.5. The van der Waals surface area contributed by atoms with Crippen molar-refractivity contribution in [1.82, 2.24) is 15.1 Å². The quantitative estimate of drug-likeness (QED) is 0.794.